The number of carbonyl (C=O) groups is 4. The number of benzene rings is 3. The Labute approximate surface area is 178 Å². The zero-order chi connectivity index (χ0) is 22.2. The maximum absolute atomic E-state index is 13.4. The SMILES string of the molecule is CC(=O)OC1(c2ccc(-c3ccccc3)cc2CC(=O)O)C(=O)c2ccccc2C1=O. The van der Waals surface area contributed by atoms with E-state index in [4.69, 9.17) is 4.74 Å². The van der Waals surface area contributed by atoms with Gasteiger partial charge in [-0.05, 0) is 16.7 Å². The largest absolute Gasteiger partial charge is 0.481 e. The van der Waals surface area contributed by atoms with Gasteiger partial charge < -0.3 is 9.84 Å². The van der Waals surface area contributed by atoms with Gasteiger partial charge in [-0.25, -0.2) is 0 Å². The van der Waals surface area contributed by atoms with E-state index in [2.05, 4.69) is 0 Å². The van der Waals surface area contributed by atoms with Crippen LogP contribution in [-0.2, 0) is 26.3 Å². The van der Waals surface area contributed by atoms with E-state index in [1.54, 1.807) is 24.3 Å². The van der Waals surface area contributed by atoms with Crippen LogP contribution in [0.4, 0.5) is 0 Å². The van der Waals surface area contributed by atoms with Crippen LogP contribution in [-0.4, -0.2) is 28.6 Å². The van der Waals surface area contributed by atoms with Crippen LogP contribution in [0.2, 0.25) is 0 Å². The van der Waals surface area contributed by atoms with Crippen molar-refractivity contribution in [1.29, 1.82) is 0 Å². The van der Waals surface area contributed by atoms with Crippen LogP contribution >= 0.6 is 0 Å². The second-order valence-electron chi connectivity index (χ2n) is 7.29. The van der Waals surface area contributed by atoms with Crippen molar-refractivity contribution in [2.45, 2.75) is 18.9 Å². The predicted octanol–water partition coefficient (Wildman–Crippen LogP) is 3.82. The van der Waals surface area contributed by atoms with Crippen molar-refractivity contribution in [2.24, 2.45) is 0 Å². The molecule has 4 rings (SSSR count). The number of carboxylic acid groups (broad SMARTS) is 1. The number of carboxylic acids is 1. The van der Waals surface area contributed by atoms with Crippen molar-refractivity contribution in [3.8, 4) is 11.1 Å². The van der Waals surface area contributed by atoms with Crippen LogP contribution < -0.4 is 0 Å². The van der Waals surface area contributed by atoms with Crippen molar-refractivity contribution >= 4 is 23.5 Å². The summed E-state index contributed by atoms with van der Waals surface area (Å²) in [5, 5.41) is 9.49. The first-order valence-corrected chi connectivity index (χ1v) is 9.63. The summed E-state index contributed by atoms with van der Waals surface area (Å²) in [7, 11) is 0. The van der Waals surface area contributed by atoms with Gasteiger partial charge in [0.15, 0.2) is 0 Å². The van der Waals surface area contributed by atoms with Gasteiger partial charge in [-0.15, -0.1) is 0 Å². The average molecular weight is 414 g/mol. The summed E-state index contributed by atoms with van der Waals surface area (Å²) in [6, 6.07) is 20.3. The molecule has 1 N–H and O–H groups in total. The Morgan fingerprint density at radius 3 is 1.97 bits per heavy atom. The molecule has 0 aromatic heterocycles. The van der Waals surface area contributed by atoms with Crippen LogP contribution in [0.15, 0.2) is 72.8 Å². The Morgan fingerprint density at radius 2 is 1.42 bits per heavy atom. The minimum atomic E-state index is -2.24. The van der Waals surface area contributed by atoms with E-state index in [0.717, 1.165) is 12.5 Å². The van der Waals surface area contributed by atoms with Gasteiger partial charge in [-0.1, -0.05) is 72.8 Å². The molecule has 0 unspecified atom stereocenters. The molecule has 0 spiro atoms. The molecular formula is C25H18O6. The van der Waals surface area contributed by atoms with E-state index in [-0.39, 0.29) is 22.3 Å². The maximum Gasteiger partial charge on any atom is 0.307 e. The van der Waals surface area contributed by atoms with E-state index in [0.29, 0.717) is 5.56 Å². The molecule has 3 aromatic rings. The molecule has 0 heterocycles. The summed E-state index contributed by atoms with van der Waals surface area (Å²) in [4.78, 5) is 50.4. The molecule has 31 heavy (non-hydrogen) atoms. The lowest BCUT2D eigenvalue weighted by atomic mass is 9.83. The lowest BCUT2D eigenvalue weighted by molar-refractivity contribution is -0.149. The normalized spacial score (nSPS) is 14.2. The molecule has 0 aliphatic heterocycles. The molecule has 1 aliphatic carbocycles. The molecule has 0 saturated heterocycles. The number of Topliss-reactive ketones (excluding diaryl/α,β-unsaturated/α-hetero) is 2. The van der Waals surface area contributed by atoms with Crippen LogP contribution in [0.1, 0.15) is 38.8 Å². The number of ether oxygens (including phenoxy) is 1. The van der Waals surface area contributed by atoms with Crippen molar-refractivity contribution < 1.29 is 29.0 Å². The third-order valence-corrected chi connectivity index (χ3v) is 5.29. The first-order valence-electron chi connectivity index (χ1n) is 9.63. The number of esters is 1. The lowest BCUT2D eigenvalue weighted by Gasteiger charge is -2.28. The first kappa shape index (κ1) is 20.2. The standard InChI is InChI=1S/C25H18O6/c1-15(26)31-25(23(29)19-9-5-6-10-20(19)24(25)30)21-12-11-17(13-18(21)14-22(27)28)16-7-3-2-4-8-16/h2-13H,14H2,1H3,(H,27,28). The minimum Gasteiger partial charge on any atom is -0.481 e. The van der Waals surface area contributed by atoms with Crippen molar-refractivity contribution in [3.63, 3.8) is 0 Å². The number of ketones is 2. The molecule has 0 bridgehead atoms. The smallest absolute Gasteiger partial charge is 0.307 e. The van der Waals surface area contributed by atoms with Gasteiger partial charge in [0.1, 0.15) is 0 Å². The number of carbonyl (C=O) groups excluding carboxylic acids is 3. The second kappa shape index (κ2) is 7.65. The quantitative estimate of drug-likeness (QED) is 0.504. The molecule has 0 amide bonds. The molecule has 0 radical (unpaired) electrons. The third kappa shape index (κ3) is 3.32. The van der Waals surface area contributed by atoms with Gasteiger partial charge in [0.2, 0.25) is 11.6 Å². The Hall–Kier alpha value is -4.06. The Morgan fingerprint density at radius 1 is 0.839 bits per heavy atom. The summed E-state index contributed by atoms with van der Waals surface area (Å²) in [6.07, 6.45) is -0.448. The zero-order valence-electron chi connectivity index (χ0n) is 16.6. The molecule has 0 atom stereocenters. The van der Waals surface area contributed by atoms with Gasteiger partial charge in [-0.2, -0.15) is 0 Å². The average Bonchev–Trinajstić information content (AvgIpc) is 2.96. The van der Waals surface area contributed by atoms with Gasteiger partial charge in [-0.3, -0.25) is 19.2 Å². The van der Waals surface area contributed by atoms with E-state index in [1.165, 1.54) is 18.2 Å². The Bertz CT molecular complexity index is 1190. The van der Waals surface area contributed by atoms with Gasteiger partial charge >= 0.3 is 11.9 Å². The topological polar surface area (TPSA) is 97.7 Å². The molecule has 6 nitrogen and oxygen atoms in total. The highest BCUT2D eigenvalue weighted by Crippen LogP contribution is 2.43. The Balaban J connectivity index is 1.96. The highest BCUT2D eigenvalue weighted by Gasteiger charge is 2.58. The first-order chi connectivity index (χ1) is 14.8. The monoisotopic (exact) mass is 414 g/mol. The summed E-state index contributed by atoms with van der Waals surface area (Å²) in [5.41, 5.74) is -0.108. The fourth-order valence-electron chi connectivity index (χ4n) is 4.03. The van der Waals surface area contributed by atoms with Crippen molar-refractivity contribution in [3.05, 3.63) is 95.1 Å². The number of hydrogen-bond acceptors (Lipinski definition) is 5. The molecule has 0 fully saturated rings. The maximum atomic E-state index is 13.4. The number of fused-ring (bicyclic) bond motifs is 1. The fourth-order valence-corrected chi connectivity index (χ4v) is 4.03. The number of rotatable bonds is 5. The summed E-state index contributed by atoms with van der Waals surface area (Å²) >= 11 is 0. The number of hydrogen-bond donors (Lipinski definition) is 1. The zero-order valence-corrected chi connectivity index (χ0v) is 16.6. The molecule has 0 saturated carbocycles. The fraction of sp³-hybridized carbons (Fsp3) is 0.120. The van der Waals surface area contributed by atoms with Crippen LogP contribution in [0, 0.1) is 0 Å². The predicted molar refractivity (Wildman–Crippen MR) is 112 cm³/mol. The molecule has 1 aliphatic rings. The van der Waals surface area contributed by atoms with Gasteiger partial charge in [0.25, 0.3) is 5.60 Å². The number of aliphatic carboxylic acids is 1. The van der Waals surface area contributed by atoms with Crippen LogP contribution in [0.25, 0.3) is 11.1 Å². The Kier molecular flexibility index (Phi) is 4.99. The van der Waals surface area contributed by atoms with Crippen LogP contribution in [0.5, 0.6) is 0 Å². The van der Waals surface area contributed by atoms with Crippen molar-refractivity contribution in [2.75, 3.05) is 0 Å². The third-order valence-electron chi connectivity index (χ3n) is 5.29. The summed E-state index contributed by atoms with van der Waals surface area (Å²) in [6.45, 7) is 1.11. The second-order valence-corrected chi connectivity index (χ2v) is 7.29. The molecule has 154 valence electrons. The van der Waals surface area contributed by atoms with Crippen LogP contribution in [0.3, 0.4) is 0 Å². The van der Waals surface area contributed by atoms with E-state index < -0.39 is 35.5 Å². The highest BCUT2D eigenvalue weighted by molar-refractivity contribution is 6.32. The van der Waals surface area contributed by atoms with E-state index in [1.807, 2.05) is 30.3 Å². The van der Waals surface area contributed by atoms with E-state index >= 15 is 0 Å². The van der Waals surface area contributed by atoms with Gasteiger partial charge in [0.05, 0.1) is 6.42 Å². The summed E-state index contributed by atoms with van der Waals surface area (Å²) < 4.78 is 5.43. The minimum absolute atomic E-state index is 0.0657. The lowest BCUT2D eigenvalue weighted by Crippen LogP contribution is -2.43. The summed E-state index contributed by atoms with van der Waals surface area (Å²) in [5.74, 6) is -3.31. The highest BCUT2D eigenvalue weighted by atomic mass is 16.6. The molecule has 3 aromatic carbocycles. The molecular weight excluding hydrogens is 396 g/mol. The van der Waals surface area contributed by atoms with Gasteiger partial charge in [0, 0.05) is 23.6 Å². The van der Waals surface area contributed by atoms with E-state index in [9.17, 15) is 24.3 Å². The van der Waals surface area contributed by atoms with Crippen molar-refractivity contribution in [1.82, 2.24) is 0 Å². The molecule has 6 heteroatoms.